The first-order valence-electron chi connectivity index (χ1n) is 5.44. The van der Waals surface area contributed by atoms with E-state index in [1.54, 1.807) is 0 Å². The molecular formula is C12H9N3O4S. The number of nitrogens with one attached hydrogen (secondary N) is 3. The van der Waals surface area contributed by atoms with Crippen LogP contribution in [0.5, 0.6) is 0 Å². The molecule has 0 aromatic heterocycles. The Balaban J connectivity index is 2.12. The van der Waals surface area contributed by atoms with Crippen LogP contribution in [0, 0.1) is 0 Å². The van der Waals surface area contributed by atoms with Gasteiger partial charge >= 0.3 is 5.97 Å². The molecule has 1 saturated heterocycles. The van der Waals surface area contributed by atoms with Crippen molar-refractivity contribution in [2.45, 2.75) is 0 Å². The first-order valence-corrected chi connectivity index (χ1v) is 5.85. The van der Waals surface area contributed by atoms with Gasteiger partial charge in [0.05, 0.1) is 5.56 Å². The molecule has 20 heavy (non-hydrogen) atoms. The van der Waals surface area contributed by atoms with Crippen molar-refractivity contribution in [3.05, 3.63) is 41.6 Å². The molecule has 8 heteroatoms. The highest BCUT2D eigenvalue weighted by Crippen LogP contribution is 2.10. The van der Waals surface area contributed by atoms with E-state index < -0.39 is 17.8 Å². The molecule has 1 aliphatic rings. The van der Waals surface area contributed by atoms with Crippen LogP contribution in [0.2, 0.25) is 0 Å². The average molecular weight is 291 g/mol. The van der Waals surface area contributed by atoms with Gasteiger partial charge in [0.15, 0.2) is 5.11 Å². The molecule has 0 radical (unpaired) electrons. The maximum Gasteiger partial charge on any atom is 0.335 e. The summed E-state index contributed by atoms with van der Waals surface area (Å²) in [7, 11) is 0. The van der Waals surface area contributed by atoms with Crippen molar-refractivity contribution < 1.29 is 19.5 Å². The van der Waals surface area contributed by atoms with Crippen LogP contribution in [-0.4, -0.2) is 28.0 Å². The van der Waals surface area contributed by atoms with E-state index in [0.29, 0.717) is 5.69 Å². The third kappa shape index (κ3) is 2.98. The van der Waals surface area contributed by atoms with Crippen LogP contribution in [0.4, 0.5) is 5.69 Å². The number of carboxylic acid groups (broad SMARTS) is 1. The summed E-state index contributed by atoms with van der Waals surface area (Å²) in [5, 5.41) is 16.0. The lowest BCUT2D eigenvalue weighted by Crippen LogP contribution is -2.51. The summed E-state index contributed by atoms with van der Waals surface area (Å²) < 4.78 is 0. The van der Waals surface area contributed by atoms with Gasteiger partial charge in [-0.05, 0) is 36.5 Å². The summed E-state index contributed by atoms with van der Waals surface area (Å²) in [5.74, 6) is -2.24. The molecule has 1 aromatic rings. The molecule has 0 aliphatic carbocycles. The van der Waals surface area contributed by atoms with Gasteiger partial charge in [0.1, 0.15) is 5.57 Å². The molecule has 1 heterocycles. The summed E-state index contributed by atoms with van der Waals surface area (Å²) in [5.41, 5.74) is 0.555. The maximum absolute atomic E-state index is 11.5. The topological polar surface area (TPSA) is 108 Å². The minimum absolute atomic E-state index is 0.0389. The smallest absolute Gasteiger partial charge is 0.335 e. The third-order valence-corrected chi connectivity index (χ3v) is 2.66. The van der Waals surface area contributed by atoms with Crippen molar-refractivity contribution in [2.75, 3.05) is 5.32 Å². The highest BCUT2D eigenvalue weighted by Gasteiger charge is 2.25. The SMILES string of the molecule is O=C1NC(=S)NC(=O)C1=CNc1ccc(C(=O)O)cc1. The molecule has 1 aromatic carbocycles. The van der Waals surface area contributed by atoms with E-state index in [9.17, 15) is 14.4 Å². The zero-order valence-corrected chi connectivity index (χ0v) is 10.8. The van der Waals surface area contributed by atoms with Crippen LogP contribution >= 0.6 is 12.2 Å². The first kappa shape index (κ1) is 13.7. The summed E-state index contributed by atoms with van der Waals surface area (Å²) in [6.45, 7) is 0. The van der Waals surface area contributed by atoms with Crippen molar-refractivity contribution in [3.8, 4) is 0 Å². The number of amides is 2. The fourth-order valence-corrected chi connectivity index (χ4v) is 1.66. The molecule has 0 bridgehead atoms. The second kappa shape index (κ2) is 5.49. The fourth-order valence-electron chi connectivity index (χ4n) is 1.47. The minimum atomic E-state index is -1.03. The number of hydrogen-bond acceptors (Lipinski definition) is 5. The number of thiocarbonyl (C=S) groups is 1. The molecule has 1 fully saturated rings. The van der Waals surface area contributed by atoms with E-state index >= 15 is 0 Å². The predicted molar refractivity (Wildman–Crippen MR) is 74.0 cm³/mol. The highest BCUT2D eigenvalue weighted by molar-refractivity contribution is 7.80. The molecule has 4 N–H and O–H groups in total. The summed E-state index contributed by atoms with van der Waals surface area (Å²) in [6.07, 6.45) is 1.22. The van der Waals surface area contributed by atoms with Crippen LogP contribution in [-0.2, 0) is 9.59 Å². The van der Waals surface area contributed by atoms with Crippen molar-refractivity contribution in [3.63, 3.8) is 0 Å². The van der Waals surface area contributed by atoms with Gasteiger partial charge in [-0.2, -0.15) is 0 Å². The predicted octanol–water partition coefficient (Wildman–Crippen LogP) is 0.211. The molecule has 0 atom stereocenters. The number of carbonyl (C=O) groups excluding carboxylic acids is 2. The number of carboxylic acids is 1. The van der Waals surface area contributed by atoms with Crippen molar-refractivity contribution in [2.24, 2.45) is 0 Å². The lowest BCUT2D eigenvalue weighted by atomic mass is 10.2. The van der Waals surface area contributed by atoms with E-state index in [1.165, 1.54) is 30.5 Å². The molecule has 0 saturated carbocycles. The number of hydrogen-bond donors (Lipinski definition) is 4. The largest absolute Gasteiger partial charge is 0.478 e. The van der Waals surface area contributed by atoms with Crippen LogP contribution in [0.25, 0.3) is 0 Å². The Hall–Kier alpha value is -2.74. The zero-order valence-electron chi connectivity index (χ0n) is 9.97. The zero-order chi connectivity index (χ0) is 14.7. The summed E-state index contributed by atoms with van der Waals surface area (Å²) >= 11 is 4.66. The van der Waals surface area contributed by atoms with Crippen LogP contribution in [0.1, 0.15) is 10.4 Å². The Morgan fingerprint density at radius 1 is 1.15 bits per heavy atom. The van der Waals surface area contributed by atoms with Crippen LogP contribution in [0.3, 0.4) is 0 Å². The van der Waals surface area contributed by atoms with Gasteiger partial charge in [0, 0.05) is 11.9 Å². The van der Waals surface area contributed by atoms with Gasteiger partial charge in [-0.25, -0.2) is 4.79 Å². The minimum Gasteiger partial charge on any atom is -0.478 e. The highest BCUT2D eigenvalue weighted by atomic mass is 32.1. The van der Waals surface area contributed by atoms with E-state index in [2.05, 4.69) is 28.2 Å². The number of rotatable bonds is 3. The monoisotopic (exact) mass is 291 g/mol. The van der Waals surface area contributed by atoms with Crippen LogP contribution < -0.4 is 16.0 Å². The van der Waals surface area contributed by atoms with Crippen molar-refractivity contribution >= 4 is 40.8 Å². The molecular weight excluding hydrogens is 282 g/mol. The van der Waals surface area contributed by atoms with E-state index in [1.807, 2.05) is 0 Å². The second-order valence-electron chi connectivity index (χ2n) is 3.82. The quantitative estimate of drug-likeness (QED) is 0.360. The van der Waals surface area contributed by atoms with Gasteiger partial charge in [0.2, 0.25) is 0 Å². The van der Waals surface area contributed by atoms with E-state index in [4.69, 9.17) is 5.11 Å². The molecule has 7 nitrogen and oxygen atoms in total. The van der Waals surface area contributed by atoms with E-state index in [-0.39, 0.29) is 16.2 Å². The Labute approximate surface area is 118 Å². The molecule has 102 valence electrons. The summed E-state index contributed by atoms with van der Waals surface area (Å²) in [4.78, 5) is 33.8. The molecule has 0 spiro atoms. The van der Waals surface area contributed by atoms with Crippen molar-refractivity contribution in [1.29, 1.82) is 0 Å². The molecule has 2 rings (SSSR count). The van der Waals surface area contributed by atoms with E-state index in [0.717, 1.165) is 0 Å². The number of anilines is 1. The Morgan fingerprint density at radius 3 is 2.20 bits per heavy atom. The number of benzene rings is 1. The fraction of sp³-hybridized carbons (Fsp3) is 0. The Morgan fingerprint density at radius 2 is 1.70 bits per heavy atom. The maximum atomic E-state index is 11.5. The normalized spacial score (nSPS) is 14.4. The Bertz CT molecular complexity index is 615. The van der Waals surface area contributed by atoms with Crippen molar-refractivity contribution in [1.82, 2.24) is 10.6 Å². The van der Waals surface area contributed by atoms with Gasteiger partial charge in [0.25, 0.3) is 11.8 Å². The third-order valence-electron chi connectivity index (χ3n) is 2.46. The first-order chi connectivity index (χ1) is 9.47. The average Bonchev–Trinajstić information content (AvgIpc) is 2.38. The number of aromatic carboxylic acids is 1. The standard InChI is InChI=1S/C12H9N3O4S/c16-9-8(10(17)15-12(20)14-9)5-13-7-3-1-6(2-4-7)11(18)19/h1-5,13H,(H,18,19)(H2,14,15,16,17,20). The molecule has 1 aliphatic heterocycles. The van der Waals surface area contributed by atoms with Gasteiger partial charge in [-0.3, -0.25) is 20.2 Å². The summed E-state index contributed by atoms with van der Waals surface area (Å²) in [6, 6.07) is 5.84. The number of carbonyl (C=O) groups is 3. The van der Waals surface area contributed by atoms with Gasteiger partial charge in [-0.15, -0.1) is 0 Å². The van der Waals surface area contributed by atoms with Gasteiger partial charge < -0.3 is 10.4 Å². The second-order valence-corrected chi connectivity index (χ2v) is 4.23. The Kier molecular flexibility index (Phi) is 3.76. The lowest BCUT2D eigenvalue weighted by molar-refractivity contribution is -0.123. The molecule has 0 unspecified atom stereocenters. The lowest BCUT2D eigenvalue weighted by Gasteiger charge is -2.16. The van der Waals surface area contributed by atoms with Crippen LogP contribution in [0.15, 0.2) is 36.0 Å². The van der Waals surface area contributed by atoms with Gasteiger partial charge in [-0.1, -0.05) is 0 Å². The molecule has 2 amide bonds.